The first-order valence-corrected chi connectivity index (χ1v) is 25.5. The van der Waals surface area contributed by atoms with Gasteiger partial charge in [0.05, 0.1) is 31.0 Å². The minimum atomic E-state index is -1.33. The van der Waals surface area contributed by atoms with Crippen LogP contribution in [0.3, 0.4) is 0 Å². The molecule has 0 spiro atoms. The van der Waals surface area contributed by atoms with Crippen molar-refractivity contribution in [2.24, 2.45) is 11.3 Å². The van der Waals surface area contributed by atoms with E-state index in [0.29, 0.717) is 45.7 Å². The van der Waals surface area contributed by atoms with Crippen LogP contribution >= 0.6 is 0 Å². The molecule has 374 valence electrons. The van der Waals surface area contributed by atoms with Crippen LogP contribution in [0.15, 0.2) is 24.3 Å². The van der Waals surface area contributed by atoms with E-state index in [2.05, 4.69) is 52.0 Å². The molecule has 0 saturated carbocycles. The predicted octanol–water partition coefficient (Wildman–Crippen LogP) is 11.9. The topological polar surface area (TPSA) is 153 Å². The third-order valence-electron chi connectivity index (χ3n) is 11.1. The Kier molecular flexibility index (Phi) is 43.4. The van der Waals surface area contributed by atoms with Crippen LogP contribution in [0, 0.1) is 11.3 Å². The molecule has 12 nitrogen and oxygen atoms in total. The van der Waals surface area contributed by atoms with Crippen LogP contribution in [-0.4, -0.2) is 95.2 Å². The van der Waals surface area contributed by atoms with Gasteiger partial charge in [0.15, 0.2) is 6.29 Å². The summed E-state index contributed by atoms with van der Waals surface area (Å²) in [5, 5.41) is 10.6. The number of hydrogen-bond donors (Lipinski definition) is 1. The van der Waals surface area contributed by atoms with E-state index in [1.54, 1.807) is 7.11 Å². The van der Waals surface area contributed by atoms with Crippen LogP contribution in [0.4, 0.5) is 0 Å². The molecule has 0 rings (SSSR count). The highest BCUT2D eigenvalue weighted by Crippen LogP contribution is 2.23. The summed E-state index contributed by atoms with van der Waals surface area (Å²) in [6.07, 6.45) is 31.2. The second-order valence-corrected chi connectivity index (χ2v) is 17.3. The molecule has 0 aromatic carbocycles. The fraction of sp³-hybridized carbons (Fsp3) is 0.846. The number of unbranched alkanes of at least 4 members (excludes halogenated alkanes) is 14. The van der Waals surface area contributed by atoms with Crippen molar-refractivity contribution in [2.75, 3.05) is 60.0 Å². The van der Waals surface area contributed by atoms with Crippen molar-refractivity contribution in [3.63, 3.8) is 0 Å². The minimum Gasteiger partial charge on any atom is -0.465 e. The summed E-state index contributed by atoms with van der Waals surface area (Å²) >= 11 is 0. The fourth-order valence-corrected chi connectivity index (χ4v) is 6.89. The standard InChI is InChI=1S/C52H94O12/c1-6-10-14-17-21-29-39-59-50(60-40-30-22-18-15-11-7-2)37-36-49(56)64-45-52(42-53,43-62-47(54)34-26-19-23-28-38-58-5)44-63-48(55)35-27-20-24-31-41-61-51(57)46(32-13-9-4)33-25-16-12-8-3/h10-11,14-15,46,50,53H,6-9,12-13,16-45H2,1-5H3/b14-10-,15-11-. The number of esters is 4. The van der Waals surface area contributed by atoms with E-state index >= 15 is 0 Å². The van der Waals surface area contributed by atoms with Crippen molar-refractivity contribution in [2.45, 2.75) is 214 Å². The minimum absolute atomic E-state index is 0.0188. The van der Waals surface area contributed by atoms with Crippen molar-refractivity contribution >= 4 is 23.9 Å². The Balaban J connectivity index is 5.22. The van der Waals surface area contributed by atoms with Gasteiger partial charge in [-0.2, -0.15) is 0 Å². The van der Waals surface area contributed by atoms with E-state index in [0.717, 1.165) is 128 Å². The van der Waals surface area contributed by atoms with Gasteiger partial charge in [-0.3, -0.25) is 19.2 Å². The quantitative estimate of drug-likeness (QED) is 0.0203. The van der Waals surface area contributed by atoms with Crippen molar-refractivity contribution in [1.82, 2.24) is 0 Å². The average Bonchev–Trinajstić information content (AvgIpc) is 3.30. The molecule has 0 amide bonds. The lowest BCUT2D eigenvalue weighted by molar-refractivity contribution is -0.169. The number of carbonyl (C=O) groups excluding carboxylic acids is 4. The normalized spacial score (nSPS) is 13.1. The Hall–Kier alpha value is -2.80. The van der Waals surface area contributed by atoms with Crippen LogP contribution < -0.4 is 0 Å². The summed E-state index contributed by atoms with van der Waals surface area (Å²) < 4.78 is 39.7. The summed E-state index contributed by atoms with van der Waals surface area (Å²) in [5.41, 5.74) is -1.33. The molecule has 64 heavy (non-hydrogen) atoms. The molecule has 0 fully saturated rings. The molecule has 0 bridgehead atoms. The number of methoxy groups -OCH3 is 1. The van der Waals surface area contributed by atoms with E-state index in [1.165, 1.54) is 12.8 Å². The maximum atomic E-state index is 13.1. The van der Waals surface area contributed by atoms with Crippen LogP contribution in [0.25, 0.3) is 0 Å². The molecule has 0 aliphatic rings. The molecule has 12 heteroatoms. The SMILES string of the molecule is CC/C=C\CCCCOC(CCC(=O)OCC(CO)(COC(=O)CCCCCCOC)COC(=O)CCCCCCOC(=O)C(CCCC)CCCCCC)OCCCC/C=C\CC. The van der Waals surface area contributed by atoms with Gasteiger partial charge in [0.1, 0.15) is 19.8 Å². The van der Waals surface area contributed by atoms with Crippen LogP contribution in [0.1, 0.15) is 207 Å². The highest BCUT2D eigenvalue weighted by molar-refractivity contribution is 5.72. The summed E-state index contributed by atoms with van der Waals surface area (Å²) in [6, 6.07) is 0. The number of carbonyl (C=O) groups is 4. The van der Waals surface area contributed by atoms with Gasteiger partial charge >= 0.3 is 23.9 Å². The fourth-order valence-electron chi connectivity index (χ4n) is 6.89. The van der Waals surface area contributed by atoms with Crippen LogP contribution in [-0.2, 0) is 52.3 Å². The molecule has 0 heterocycles. The lowest BCUT2D eigenvalue weighted by atomic mass is 9.92. The van der Waals surface area contributed by atoms with Crippen molar-refractivity contribution in [3.05, 3.63) is 24.3 Å². The lowest BCUT2D eigenvalue weighted by Crippen LogP contribution is -2.42. The number of ether oxygens (including phenoxy) is 7. The zero-order chi connectivity index (χ0) is 47.2. The van der Waals surface area contributed by atoms with E-state index in [1.807, 2.05) is 0 Å². The first-order valence-electron chi connectivity index (χ1n) is 25.5. The maximum Gasteiger partial charge on any atom is 0.308 e. The van der Waals surface area contributed by atoms with Gasteiger partial charge in [0.25, 0.3) is 0 Å². The number of allylic oxidation sites excluding steroid dienone is 4. The Morgan fingerprint density at radius 1 is 0.484 bits per heavy atom. The second-order valence-electron chi connectivity index (χ2n) is 17.3. The summed E-state index contributed by atoms with van der Waals surface area (Å²) in [5.74, 6) is -1.53. The number of rotatable bonds is 47. The van der Waals surface area contributed by atoms with Crippen molar-refractivity contribution in [1.29, 1.82) is 0 Å². The summed E-state index contributed by atoms with van der Waals surface area (Å²) in [6.45, 7) is 9.22. The van der Waals surface area contributed by atoms with Crippen molar-refractivity contribution in [3.8, 4) is 0 Å². The molecule has 0 saturated heterocycles. The third kappa shape index (κ3) is 37.4. The van der Waals surface area contributed by atoms with E-state index in [-0.39, 0.29) is 51.0 Å². The maximum absolute atomic E-state index is 13.1. The molecule has 2 atom stereocenters. The van der Waals surface area contributed by atoms with E-state index < -0.39 is 36.2 Å². The average molecular weight is 911 g/mol. The number of aliphatic hydroxyl groups excluding tert-OH is 1. The molecule has 2 unspecified atom stereocenters. The third-order valence-corrected chi connectivity index (χ3v) is 11.1. The highest BCUT2D eigenvalue weighted by atomic mass is 16.7. The first kappa shape index (κ1) is 61.2. The molecule has 0 aliphatic heterocycles. The molecule has 1 N–H and O–H groups in total. The predicted molar refractivity (Wildman–Crippen MR) is 255 cm³/mol. The lowest BCUT2D eigenvalue weighted by Gasteiger charge is -2.30. The Bertz CT molecular complexity index is 1150. The molecule has 0 aromatic rings. The van der Waals surface area contributed by atoms with Gasteiger partial charge in [0.2, 0.25) is 0 Å². The van der Waals surface area contributed by atoms with Gasteiger partial charge in [-0.05, 0) is 89.9 Å². The van der Waals surface area contributed by atoms with Crippen LogP contribution in [0.2, 0.25) is 0 Å². The van der Waals surface area contributed by atoms with Crippen molar-refractivity contribution < 1.29 is 57.4 Å². The van der Waals surface area contributed by atoms with E-state index in [4.69, 9.17) is 33.2 Å². The van der Waals surface area contributed by atoms with Gasteiger partial charge < -0.3 is 38.3 Å². The Morgan fingerprint density at radius 3 is 1.45 bits per heavy atom. The molecule has 0 aromatic heterocycles. The highest BCUT2D eigenvalue weighted by Gasteiger charge is 2.35. The monoisotopic (exact) mass is 911 g/mol. The summed E-state index contributed by atoms with van der Waals surface area (Å²) in [4.78, 5) is 51.5. The van der Waals surface area contributed by atoms with Gasteiger partial charge in [-0.15, -0.1) is 0 Å². The number of aliphatic hydroxyl groups is 1. The van der Waals surface area contributed by atoms with Gasteiger partial charge in [-0.25, -0.2) is 0 Å². The largest absolute Gasteiger partial charge is 0.465 e. The summed E-state index contributed by atoms with van der Waals surface area (Å²) in [7, 11) is 1.66. The first-order chi connectivity index (χ1) is 31.2. The molecular weight excluding hydrogens is 817 g/mol. The van der Waals surface area contributed by atoms with E-state index in [9.17, 15) is 24.3 Å². The second kappa shape index (κ2) is 45.4. The van der Waals surface area contributed by atoms with Crippen LogP contribution in [0.5, 0.6) is 0 Å². The number of hydrogen-bond acceptors (Lipinski definition) is 12. The molecule has 0 aliphatic carbocycles. The molecular formula is C52H94O12. The Labute approximate surface area is 389 Å². The molecule has 0 radical (unpaired) electrons. The zero-order valence-corrected chi connectivity index (χ0v) is 41.4. The van der Waals surface area contributed by atoms with Gasteiger partial charge in [0, 0.05) is 46.2 Å². The zero-order valence-electron chi connectivity index (χ0n) is 41.4. The Morgan fingerprint density at radius 2 is 0.953 bits per heavy atom. The van der Waals surface area contributed by atoms with Gasteiger partial charge in [-0.1, -0.05) is 116 Å². The smallest absolute Gasteiger partial charge is 0.308 e.